The zero-order valence-electron chi connectivity index (χ0n) is 9.83. The molecule has 1 heterocycles. The van der Waals surface area contributed by atoms with E-state index >= 15 is 0 Å². The molecule has 0 unspecified atom stereocenters. The molecule has 0 radical (unpaired) electrons. The molecule has 1 aliphatic rings. The standard InChI is InChI=1S/C12H13BrFNO3/c1-17-11(16)12(6-18-7-12)5-15-10-4-8(13)2-3-9(10)14/h2-4,15H,5-7H2,1H3. The van der Waals surface area contributed by atoms with Crippen LogP contribution in [0.1, 0.15) is 0 Å². The summed E-state index contributed by atoms with van der Waals surface area (Å²) in [6.07, 6.45) is 0. The van der Waals surface area contributed by atoms with Crippen LogP contribution in [-0.2, 0) is 14.3 Å². The van der Waals surface area contributed by atoms with Gasteiger partial charge >= 0.3 is 5.97 Å². The summed E-state index contributed by atoms with van der Waals surface area (Å²) in [5.41, 5.74) is -0.358. The number of carbonyl (C=O) groups excluding carboxylic acids is 1. The van der Waals surface area contributed by atoms with E-state index in [1.807, 2.05) is 0 Å². The highest BCUT2D eigenvalue weighted by atomic mass is 79.9. The normalized spacial score (nSPS) is 16.8. The molecule has 18 heavy (non-hydrogen) atoms. The Morgan fingerprint density at radius 3 is 2.89 bits per heavy atom. The molecular formula is C12H13BrFNO3. The van der Waals surface area contributed by atoms with Gasteiger partial charge in [-0.2, -0.15) is 0 Å². The number of esters is 1. The van der Waals surface area contributed by atoms with Crippen LogP contribution in [0.25, 0.3) is 0 Å². The minimum Gasteiger partial charge on any atom is -0.468 e. The molecule has 0 saturated carbocycles. The fourth-order valence-electron chi connectivity index (χ4n) is 1.75. The number of methoxy groups -OCH3 is 1. The molecule has 1 aromatic carbocycles. The molecule has 6 heteroatoms. The van der Waals surface area contributed by atoms with Crippen molar-refractivity contribution in [3.63, 3.8) is 0 Å². The van der Waals surface area contributed by atoms with E-state index in [-0.39, 0.29) is 18.3 Å². The second kappa shape index (κ2) is 5.24. The number of ether oxygens (including phenoxy) is 2. The van der Waals surface area contributed by atoms with Gasteiger partial charge in [0.05, 0.1) is 26.0 Å². The van der Waals surface area contributed by atoms with Crippen molar-refractivity contribution < 1.29 is 18.7 Å². The van der Waals surface area contributed by atoms with Crippen LogP contribution in [-0.4, -0.2) is 32.8 Å². The van der Waals surface area contributed by atoms with Crippen LogP contribution >= 0.6 is 15.9 Å². The number of hydrogen-bond acceptors (Lipinski definition) is 4. The summed E-state index contributed by atoms with van der Waals surface area (Å²) >= 11 is 3.27. The third kappa shape index (κ3) is 2.49. The SMILES string of the molecule is COC(=O)C1(CNc2cc(Br)ccc2F)COC1. The molecule has 98 valence electrons. The first-order chi connectivity index (χ1) is 8.57. The van der Waals surface area contributed by atoms with E-state index in [1.165, 1.54) is 13.2 Å². The first kappa shape index (κ1) is 13.3. The highest BCUT2D eigenvalue weighted by molar-refractivity contribution is 9.10. The molecule has 2 rings (SSSR count). The monoisotopic (exact) mass is 317 g/mol. The Morgan fingerprint density at radius 2 is 2.33 bits per heavy atom. The average molecular weight is 318 g/mol. The number of benzene rings is 1. The van der Waals surface area contributed by atoms with Gasteiger partial charge in [0.2, 0.25) is 0 Å². The predicted molar refractivity (Wildman–Crippen MR) is 67.9 cm³/mol. The van der Waals surface area contributed by atoms with E-state index < -0.39 is 5.41 Å². The summed E-state index contributed by atoms with van der Waals surface area (Å²) in [5.74, 6) is -0.699. The highest BCUT2D eigenvalue weighted by Gasteiger charge is 2.47. The van der Waals surface area contributed by atoms with Gasteiger partial charge in [-0.15, -0.1) is 0 Å². The molecule has 0 atom stereocenters. The Balaban J connectivity index is 2.06. The number of halogens is 2. The van der Waals surface area contributed by atoms with Gasteiger partial charge in [-0.1, -0.05) is 15.9 Å². The quantitative estimate of drug-likeness (QED) is 0.865. The molecule has 0 aromatic heterocycles. The smallest absolute Gasteiger partial charge is 0.318 e. The molecule has 1 N–H and O–H groups in total. The topological polar surface area (TPSA) is 47.6 Å². The van der Waals surface area contributed by atoms with Gasteiger partial charge in [-0.05, 0) is 18.2 Å². The lowest BCUT2D eigenvalue weighted by atomic mass is 9.86. The van der Waals surface area contributed by atoms with Crippen LogP contribution in [0.5, 0.6) is 0 Å². The number of anilines is 1. The second-order valence-corrected chi connectivity index (χ2v) is 5.16. The Labute approximate surface area is 113 Å². The van der Waals surface area contributed by atoms with Crippen LogP contribution in [0, 0.1) is 11.2 Å². The van der Waals surface area contributed by atoms with Gasteiger partial charge in [0, 0.05) is 11.0 Å². The Morgan fingerprint density at radius 1 is 1.61 bits per heavy atom. The average Bonchev–Trinajstić information content (AvgIpc) is 2.31. The molecule has 0 spiro atoms. The molecule has 1 fully saturated rings. The lowest BCUT2D eigenvalue weighted by molar-refractivity contribution is -0.180. The Bertz CT molecular complexity index is 463. The zero-order valence-corrected chi connectivity index (χ0v) is 11.4. The largest absolute Gasteiger partial charge is 0.468 e. The predicted octanol–water partition coefficient (Wildman–Crippen LogP) is 2.19. The van der Waals surface area contributed by atoms with Crippen molar-refractivity contribution in [2.45, 2.75) is 0 Å². The maximum Gasteiger partial charge on any atom is 0.318 e. The maximum absolute atomic E-state index is 13.5. The van der Waals surface area contributed by atoms with E-state index in [1.54, 1.807) is 12.1 Å². The van der Waals surface area contributed by atoms with E-state index in [9.17, 15) is 9.18 Å². The third-order valence-electron chi connectivity index (χ3n) is 2.92. The summed E-state index contributed by atoms with van der Waals surface area (Å²) in [5, 5.41) is 2.93. The van der Waals surface area contributed by atoms with Crippen molar-refractivity contribution in [3.05, 3.63) is 28.5 Å². The van der Waals surface area contributed by atoms with E-state index in [0.717, 1.165) is 4.47 Å². The summed E-state index contributed by atoms with van der Waals surface area (Å²) < 4.78 is 24.1. The number of nitrogens with one attached hydrogen (secondary N) is 1. The third-order valence-corrected chi connectivity index (χ3v) is 3.41. The molecule has 0 aliphatic carbocycles. The van der Waals surface area contributed by atoms with Crippen LogP contribution in [0.2, 0.25) is 0 Å². The fourth-order valence-corrected chi connectivity index (χ4v) is 2.12. The van der Waals surface area contributed by atoms with Crippen molar-refractivity contribution >= 4 is 27.6 Å². The molecule has 1 saturated heterocycles. The second-order valence-electron chi connectivity index (χ2n) is 4.24. The van der Waals surface area contributed by atoms with Gasteiger partial charge in [-0.3, -0.25) is 4.79 Å². The maximum atomic E-state index is 13.5. The summed E-state index contributed by atoms with van der Waals surface area (Å²) in [4.78, 5) is 11.6. The molecular weight excluding hydrogens is 305 g/mol. The van der Waals surface area contributed by atoms with Gasteiger partial charge in [0.25, 0.3) is 0 Å². The van der Waals surface area contributed by atoms with Crippen molar-refractivity contribution in [2.75, 3.05) is 32.2 Å². The number of rotatable bonds is 4. The minimum atomic E-state index is -0.705. The number of carbonyl (C=O) groups is 1. The molecule has 1 aliphatic heterocycles. The summed E-state index contributed by atoms with van der Waals surface area (Å²) in [6, 6.07) is 4.59. The minimum absolute atomic E-state index is 0.285. The lowest BCUT2D eigenvalue weighted by Crippen LogP contribution is -2.54. The lowest BCUT2D eigenvalue weighted by Gasteiger charge is -2.38. The fraction of sp³-hybridized carbons (Fsp3) is 0.417. The molecule has 1 aromatic rings. The van der Waals surface area contributed by atoms with E-state index in [4.69, 9.17) is 9.47 Å². The first-order valence-corrected chi connectivity index (χ1v) is 6.22. The van der Waals surface area contributed by atoms with E-state index in [0.29, 0.717) is 18.9 Å². The molecule has 0 amide bonds. The number of hydrogen-bond donors (Lipinski definition) is 1. The van der Waals surface area contributed by atoms with Crippen LogP contribution in [0.15, 0.2) is 22.7 Å². The van der Waals surface area contributed by atoms with Crippen molar-refractivity contribution in [3.8, 4) is 0 Å². The van der Waals surface area contributed by atoms with Gasteiger partial charge in [-0.25, -0.2) is 4.39 Å². The first-order valence-electron chi connectivity index (χ1n) is 5.42. The summed E-state index contributed by atoms with van der Waals surface area (Å²) in [7, 11) is 1.34. The van der Waals surface area contributed by atoms with Crippen LogP contribution in [0.4, 0.5) is 10.1 Å². The van der Waals surface area contributed by atoms with Crippen molar-refractivity contribution in [1.29, 1.82) is 0 Å². The molecule has 0 bridgehead atoms. The highest BCUT2D eigenvalue weighted by Crippen LogP contribution is 2.30. The van der Waals surface area contributed by atoms with Crippen LogP contribution < -0.4 is 5.32 Å². The van der Waals surface area contributed by atoms with Crippen molar-refractivity contribution in [1.82, 2.24) is 0 Å². The Kier molecular flexibility index (Phi) is 3.87. The van der Waals surface area contributed by atoms with E-state index in [2.05, 4.69) is 21.2 Å². The van der Waals surface area contributed by atoms with Gasteiger partial charge in [0.15, 0.2) is 0 Å². The van der Waals surface area contributed by atoms with Gasteiger partial charge in [0.1, 0.15) is 11.2 Å². The summed E-state index contributed by atoms with van der Waals surface area (Å²) in [6.45, 7) is 0.873. The van der Waals surface area contributed by atoms with Gasteiger partial charge < -0.3 is 14.8 Å². The molecule has 4 nitrogen and oxygen atoms in total. The van der Waals surface area contributed by atoms with Crippen LogP contribution in [0.3, 0.4) is 0 Å². The van der Waals surface area contributed by atoms with Crippen molar-refractivity contribution in [2.24, 2.45) is 5.41 Å². The zero-order chi connectivity index (χ0) is 13.2. The Hall–Kier alpha value is -1.14.